The number of nitrogens with two attached hydrogens (primary N) is 3. The molecule has 10 heavy (non-hydrogen) atoms. The molecule has 60 valence electrons. The Hall–Kier alpha value is 0.120. The standard InChI is InChI=1S/CH9IN8/c1-6-10(5,7-2)8-9(3)4/h7H,1,3-5H2. The van der Waals surface area contributed by atoms with Gasteiger partial charge in [-0.05, 0) is 0 Å². The third kappa shape index (κ3) is 3.33. The molecule has 0 fully saturated rings. The van der Waals surface area contributed by atoms with E-state index in [1.807, 2.05) is 0 Å². The number of hydrazine groups is 2. The lowest BCUT2D eigenvalue weighted by Gasteiger charge is -2.36. The van der Waals surface area contributed by atoms with Gasteiger partial charge in [-0.1, -0.05) is 13.7 Å². The molecule has 0 heterocycles. The molecule has 0 saturated heterocycles. The summed E-state index contributed by atoms with van der Waals surface area (Å²) in [5.74, 6) is 15.2. The summed E-state index contributed by atoms with van der Waals surface area (Å²) in [5, 5.41) is 3.90. The second-order valence-electron chi connectivity index (χ2n) is 1.34. The third-order valence-electron chi connectivity index (χ3n) is 0.580. The highest BCUT2D eigenvalue weighted by Crippen LogP contribution is 2.03. The van der Waals surface area contributed by atoms with Gasteiger partial charge in [0.1, 0.15) is 0 Å². The molecule has 0 aliphatic carbocycles. The molecule has 1 atom stereocenters. The second kappa shape index (κ2) is 4.09. The molecule has 1 unspecified atom stereocenters. The molecule has 9 heteroatoms. The van der Waals surface area contributed by atoms with Crippen molar-refractivity contribution in [3.05, 3.63) is 5.53 Å². The minimum atomic E-state index is -0.729. The van der Waals surface area contributed by atoms with Gasteiger partial charge in [-0.2, -0.15) is 0 Å². The van der Waals surface area contributed by atoms with E-state index in [1.54, 1.807) is 22.9 Å². The second-order valence-corrected chi connectivity index (χ2v) is 1.83. The average Bonchev–Trinajstić information content (AvgIpc) is 1.87. The number of hydrogen-bond acceptors (Lipinski definition) is 6. The van der Waals surface area contributed by atoms with Crippen LogP contribution in [0.3, 0.4) is 0 Å². The molecular weight excluding hydrogens is 251 g/mol. The Morgan fingerprint density at radius 2 is 2.20 bits per heavy atom. The Morgan fingerprint density at radius 3 is 2.30 bits per heavy atom. The van der Waals surface area contributed by atoms with Crippen molar-refractivity contribution in [3.63, 3.8) is 0 Å². The number of halogens is 1. The predicted molar refractivity (Wildman–Crippen MR) is 44.7 cm³/mol. The summed E-state index contributed by atoms with van der Waals surface area (Å²) in [5.41, 5.74) is 3.40. The Labute approximate surface area is 71.9 Å². The molecule has 0 saturated carbocycles. The number of hydrogen-bond donors (Lipinski definition) is 4. The van der Waals surface area contributed by atoms with Crippen LogP contribution in [0.2, 0.25) is 0 Å². The van der Waals surface area contributed by atoms with Gasteiger partial charge in [0.15, 0.2) is 0 Å². The van der Waals surface area contributed by atoms with Gasteiger partial charge in [0.2, 0.25) is 0 Å². The van der Waals surface area contributed by atoms with Crippen molar-refractivity contribution in [1.29, 1.82) is 0 Å². The van der Waals surface area contributed by atoms with Gasteiger partial charge in [-0.25, -0.2) is 5.23 Å². The molecule has 0 rings (SSSR count). The lowest BCUT2D eigenvalue weighted by atomic mass is 11.6. The van der Waals surface area contributed by atoms with Gasteiger partial charge < -0.3 is 0 Å². The number of nitrogens with one attached hydrogen (secondary N) is 1. The molecule has 0 aromatic carbocycles. The van der Waals surface area contributed by atoms with E-state index in [0.717, 1.165) is 0 Å². The fourth-order valence-corrected chi connectivity index (χ4v) is 0.478. The summed E-state index contributed by atoms with van der Waals surface area (Å²) in [6, 6.07) is 0. The lowest BCUT2D eigenvalue weighted by molar-refractivity contribution is -0.943. The first-order valence-corrected chi connectivity index (χ1v) is 3.18. The van der Waals surface area contributed by atoms with Crippen molar-refractivity contribution in [1.82, 2.24) is 8.87 Å². The molecule has 0 aromatic heterocycles. The first-order chi connectivity index (χ1) is 4.54. The van der Waals surface area contributed by atoms with E-state index in [2.05, 4.69) is 21.0 Å². The Kier molecular flexibility index (Phi) is 4.14. The van der Waals surface area contributed by atoms with E-state index in [0.29, 0.717) is 5.23 Å². The van der Waals surface area contributed by atoms with E-state index in [4.69, 9.17) is 17.5 Å². The zero-order valence-electron chi connectivity index (χ0n) is 5.11. The maximum Gasteiger partial charge on any atom is 0.0836 e. The molecule has 0 bridgehead atoms. The van der Waals surface area contributed by atoms with Gasteiger partial charge in [-0.3, -0.25) is 17.2 Å². The van der Waals surface area contributed by atoms with Crippen LogP contribution in [-0.2, 0) is 0 Å². The summed E-state index contributed by atoms with van der Waals surface area (Å²) >= 11 is 1.73. The summed E-state index contributed by atoms with van der Waals surface area (Å²) in [6.07, 6.45) is 0. The normalized spacial score (nSPS) is 16.9. The van der Waals surface area contributed by atoms with Crippen molar-refractivity contribution < 1.29 is 4.92 Å². The zero-order valence-corrected chi connectivity index (χ0v) is 7.26. The van der Waals surface area contributed by atoms with Crippen LogP contribution in [-0.4, -0.2) is 16.9 Å². The van der Waals surface area contributed by atoms with Gasteiger partial charge >= 0.3 is 0 Å². The van der Waals surface area contributed by atoms with Crippen LogP contribution >= 0.6 is 22.9 Å². The first kappa shape index (κ1) is 10.1. The summed E-state index contributed by atoms with van der Waals surface area (Å²) in [6.45, 7) is 3.16. The average molecular weight is 260 g/mol. The molecule has 8 nitrogen and oxygen atoms in total. The van der Waals surface area contributed by atoms with E-state index >= 15 is 0 Å². The van der Waals surface area contributed by atoms with Gasteiger partial charge in [0.25, 0.3) is 0 Å². The van der Waals surface area contributed by atoms with Crippen LogP contribution in [0.1, 0.15) is 0 Å². The van der Waals surface area contributed by atoms with E-state index in [1.165, 1.54) is 0 Å². The van der Waals surface area contributed by atoms with Crippen LogP contribution in [0.15, 0.2) is 5.10 Å². The van der Waals surface area contributed by atoms with E-state index < -0.39 is 4.92 Å². The van der Waals surface area contributed by atoms with Crippen molar-refractivity contribution >= 4 is 29.6 Å². The SMILES string of the molecule is C=N[N+](N)([N-]N(N)N)NI. The number of rotatable bonds is 4. The van der Waals surface area contributed by atoms with Gasteiger partial charge in [-0.15, -0.1) is 5.84 Å². The Morgan fingerprint density at radius 1 is 1.70 bits per heavy atom. The number of quaternary nitrogens is 1. The van der Waals surface area contributed by atoms with Gasteiger partial charge in [0.05, 0.1) is 29.6 Å². The maximum atomic E-state index is 5.32. The number of nitrogens with zero attached hydrogens (tertiary/aromatic N) is 4. The maximum absolute atomic E-state index is 5.32. The fourth-order valence-electron chi connectivity index (χ4n) is 0.229. The molecule has 0 amide bonds. The largest absolute Gasteiger partial charge is 0.282 e. The van der Waals surface area contributed by atoms with Crippen molar-refractivity contribution in [3.8, 4) is 0 Å². The lowest BCUT2D eigenvalue weighted by Crippen LogP contribution is -2.57. The minimum Gasteiger partial charge on any atom is -0.282 e. The predicted octanol–water partition coefficient (Wildman–Crippen LogP) is -1.60. The minimum absolute atomic E-state index is 0.542. The quantitative estimate of drug-likeness (QED) is 0.121. The van der Waals surface area contributed by atoms with Crippen molar-refractivity contribution in [2.45, 2.75) is 0 Å². The van der Waals surface area contributed by atoms with Gasteiger partial charge in [0, 0.05) is 0 Å². The molecule has 0 spiro atoms. The van der Waals surface area contributed by atoms with Crippen LogP contribution in [0.25, 0.3) is 5.53 Å². The van der Waals surface area contributed by atoms with Crippen molar-refractivity contribution in [2.24, 2.45) is 22.6 Å². The smallest absolute Gasteiger partial charge is 0.0836 e. The van der Waals surface area contributed by atoms with Crippen LogP contribution in [0, 0.1) is 0 Å². The highest BCUT2D eigenvalue weighted by atomic mass is 127. The third-order valence-corrected chi connectivity index (χ3v) is 1.29. The summed E-state index contributed by atoms with van der Waals surface area (Å²) < 4.78 is 2.45. The topological polar surface area (TPSA) is 120 Å². The van der Waals surface area contributed by atoms with E-state index in [-0.39, 0.29) is 0 Å². The fraction of sp³-hybridized carbons (Fsp3) is 0. The Bertz CT molecular complexity index is 112. The molecule has 0 radical (unpaired) electrons. The molecule has 7 N–H and O–H groups in total. The summed E-state index contributed by atoms with van der Waals surface area (Å²) in [4.78, 5) is -0.729. The molecular formula is CH9IN8. The molecule has 0 aliphatic heterocycles. The molecule has 0 aliphatic rings. The van der Waals surface area contributed by atoms with Crippen molar-refractivity contribution in [2.75, 3.05) is 0 Å². The van der Waals surface area contributed by atoms with Crippen LogP contribution < -0.4 is 21.2 Å². The first-order valence-electron chi connectivity index (χ1n) is 2.10. The molecule has 0 aromatic rings. The summed E-state index contributed by atoms with van der Waals surface area (Å²) in [7, 11) is 0. The highest BCUT2D eigenvalue weighted by Gasteiger charge is 2.09. The zero-order chi connectivity index (χ0) is 8.20. The van der Waals surface area contributed by atoms with Crippen LogP contribution in [0.4, 0.5) is 0 Å². The monoisotopic (exact) mass is 260 g/mol. The Balaban J connectivity index is 3.92. The highest BCUT2D eigenvalue weighted by molar-refractivity contribution is 14.1. The van der Waals surface area contributed by atoms with Crippen LogP contribution in [0.5, 0.6) is 0 Å². The van der Waals surface area contributed by atoms with E-state index in [9.17, 15) is 0 Å².